The third-order valence-corrected chi connectivity index (χ3v) is 13.6. The highest BCUT2D eigenvalue weighted by Gasteiger charge is 2.27. The quantitative estimate of drug-likeness (QED) is 0.0278. The van der Waals surface area contributed by atoms with Crippen LogP contribution in [0.2, 0.25) is 0 Å². The van der Waals surface area contributed by atoms with Crippen molar-refractivity contribution in [2.75, 3.05) is 47.5 Å². The molecule has 0 spiro atoms. The van der Waals surface area contributed by atoms with Crippen molar-refractivity contribution in [3.8, 4) is 0 Å². The van der Waals surface area contributed by atoms with E-state index < -0.39 is 26.5 Å². The molecule has 0 bridgehead atoms. The second kappa shape index (κ2) is 47.1. The number of unbranched alkanes of at least 4 members (excludes halogenated alkanes) is 38. The second-order valence-electron chi connectivity index (χ2n) is 20.3. The van der Waals surface area contributed by atoms with Crippen LogP contribution in [0.15, 0.2) is 0 Å². The topological polar surface area (TPSA) is 108 Å². The number of likely N-dealkylation sites (N-methyl/N-ethyl adjacent to an activating group) is 1. The van der Waals surface area contributed by atoms with Crippen LogP contribution in [0.4, 0.5) is 0 Å². The van der Waals surface area contributed by atoms with E-state index in [-0.39, 0.29) is 25.6 Å². The van der Waals surface area contributed by atoms with Crippen molar-refractivity contribution < 1.29 is 42.1 Å². The average Bonchev–Trinajstić information content (AvgIpc) is 3.25. The number of phosphoric ester groups is 1. The standard InChI is InChI=1S/C54H108NO8P/c1-6-8-10-12-14-16-18-20-22-24-25-26-27-28-29-31-33-35-37-39-41-43-45-47-54(57)63-52(51-62-64(58,59)61-49-48-55(3,4)5)50-60-53(56)46-44-42-40-38-36-34-32-30-23-21-19-17-15-13-11-9-7-2/h52H,6-51H2,1-5H3/p+1. The van der Waals surface area contributed by atoms with E-state index in [0.29, 0.717) is 17.4 Å². The van der Waals surface area contributed by atoms with Gasteiger partial charge in [0.1, 0.15) is 19.8 Å². The first-order chi connectivity index (χ1) is 31.0. The molecule has 64 heavy (non-hydrogen) atoms. The number of carbonyl (C=O) groups excluding carboxylic acids is 2. The second-order valence-corrected chi connectivity index (χ2v) is 21.8. The largest absolute Gasteiger partial charge is 0.472 e. The molecule has 2 unspecified atom stereocenters. The van der Waals surface area contributed by atoms with E-state index in [0.717, 1.165) is 38.5 Å². The van der Waals surface area contributed by atoms with E-state index in [9.17, 15) is 19.0 Å². The highest BCUT2D eigenvalue weighted by Crippen LogP contribution is 2.43. The number of quaternary nitrogens is 1. The maximum Gasteiger partial charge on any atom is 0.472 e. The number of carbonyl (C=O) groups is 2. The fourth-order valence-electron chi connectivity index (χ4n) is 8.31. The fraction of sp³-hybridized carbons (Fsp3) is 0.963. The molecule has 0 aliphatic heterocycles. The number of hydrogen-bond acceptors (Lipinski definition) is 7. The average molecular weight is 931 g/mol. The van der Waals surface area contributed by atoms with Crippen LogP contribution >= 0.6 is 7.82 Å². The Morgan fingerprint density at radius 3 is 1.00 bits per heavy atom. The highest BCUT2D eigenvalue weighted by molar-refractivity contribution is 7.47. The Morgan fingerprint density at radius 2 is 0.703 bits per heavy atom. The normalized spacial score (nSPS) is 13.3. The van der Waals surface area contributed by atoms with Gasteiger partial charge in [0, 0.05) is 12.8 Å². The van der Waals surface area contributed by atoms with E-state index >= 15 is 0 Å². The number of hydrogen-bond donors (Lipinski definition) is 1. The molecule has 0 aromatic rings. The Kier molecular flexibility index (Phi) is 46.4. The Bertz CT molecular complexity index is 1050. The zero-order valence-electron chi connectivity index (χ0n) is 43.3. The van der Waals surface area contributed by atoms with Gasteiger partial charge in [0.2, 0.25) is 0 Å². The van der Waals surface area contributed by atoms with Gasteiger partial charge in [-0.15, -0.1) is 0 Å². The highest BCUT2D eigenvalue weighted by atomic mass is 31.2. The van der Waals surface area contributed by atoms with Gasteiger partial charge in [0.25, 0.3) is 0 Å². The molecule has 0 saturated carbocycles. The minimum Gasteiger partial charge on any atom is -0.462 e. The molecular weight excluding hydrogens is 822 g/mol. The maximum atomic E-state index is 12.8. The van der Waals surface area contributed by atoms with Gasteiger partial charge >= 0.3 is 19.8 Å². The summed E-state index contributed by atoms with van der Waals surface area (Å²) < 4.78 is 34.5. The lowest BCUT2D eigenvalue weighted by Gasteiger charge is -2.24. The predicted octanol–water partition coefficient (Wildman–Crippen LogP) is 16.7. The van der Waals surface area contributed by atoms with E-state index in [1.54, 1.807) is 0 Å². The van der Waals surface area contributed by atoms with Crippen molar-refractivity contribution in [3.05, 3.63) is 0 Å². The van der Waals surface area contributed by atoms with Crippen LogP contribution in [-0.4, -0.2) is 74.9 Å². The number of nitrogens with zero attached hydrogens (tertiary/aromatic N) is 1. The maximum absolute atomic E-state index is 12.8. The first kappa shape index (κ1) is 63.0. The molecule has 0 radical (unpaired) electrons. The molecule has 0 aliphatic rings. The third kappa shape index (κ3) is 50.4. The molecule has 0 aromatic heterocycles. The molecule has 0 saturated heterocycles. The van der Waals surface area contributed by atoms with Gasteiger partial charge < -0.3 is 18.9 Å². The van der Waals surface area contributed by atoms with Crippen LogP contribution in [-0.2, 0) is 32.7 Å². The molecular formula is C54H109NO8P+. The van der Waals surface area contributed by atoms with Gasteiger partial charge in [-0.1, -0.05) is 258 Å². The van der Waals surface area contributed by atoms with Crippen molar-refractivity contribution >= 4 is 19.8 Å². The zero-order chi connectivity index (χ0) is 47.1. The molecule has 10 heteroatoms. The number of rotatable bonds is 52. The van der Waals surface area contributed by atoms with E-state index in [1.807, 2.05) is 21.1 Å². The lowest BCUT2D eigenvalue weighted by Crippen LogP contribution is -2.37. The Hall–Kier alpha value is -0.990. The van der Waals surface area contributed by atoms with Gasteiger partial charge in [-0.05, 0) is 12.8 Å². The summed E-state index contributed by atoms with van der Waals surface area (Å²) in [6, 6.07) is 0. The summed E-state index contributed by atoms with van der Waals surface area (Å²) in [5, 5.41) is 0. The molecule has 1 N–H and O–H groups in total. The first-order valence-corrected chi connectivity index (χ1v) is 29.3. The first-order valence-electron chi connectivity index (χ1n) is 27.8. The summed E-state index contributed by atoms with van der Waals surface area (Å²) in [6.07, 6.45) is 51.6. The summed E-state index contributed by atoms with van der Waals surface area (Å²) in [5.74, 6) is -0.775. The predicted molar refractivity (Wildman–Crippen MR) is 271 cm³/mol. The molecule has 2 atom stereocenters. The Balaban J connectivity index is 4.13. The summed E-state index contributed by atoms with van der Waals surface area (Å²) in [4.78, 5) is 35.6. The Labute approximate surface area is 397 Å². The van der Waals surface area contributed by atoms with Gasteiger partial charge in [0.15, 0.2) is 6.10 Å². The van der Waals surface area contributed by atoms with Crippen LogP contribution in [0, 0.1) is 0 Å². The third-order valence-electron chi connectivity index (χ3n) is 12.6. The van der Waals surface area contributed by atoms with E-state index in [4.69, 9.17) is 18.5 Å². The molecule has 0 aromatic carbocycles. The minimum absolute atomic E-state index is 0.0373. The summed E-state index contributed by atoms with van der Waals surface area (Å²) >= 11 is 0. The fourth-order valence-corrected chi connectivity index (χ4v) is 9.05. The summed E-state index contributed by atoms with van der Waals surface area (Å²) in [5.41, 5.74) is 0. The molecule has 0 heterocycles. The minimum atomic E-state index is -4.37. The van der Waals surface area contributed by atoms with E-state index in [2.05, 4.69) is 13.8 Å². The monoisotopic (exact) mass is 931 g/mol. The van der Waals surface area contributed by atoms with Crippen LogP contribution in [0.1, 0.15) is 284 Å². The van der Waals surface area contributed by atoms with E-state index in [1.165, 1.54) is 218 Å². The van der Waals surface area contributed by atoms with Crippen molar-refractivity contribution in [1.29, 1.82) is 0 Å². The zero-order valence-corrected chi connectivity index (χ0v) is 44.2. The van der Waals surface area contributed by atoms with Crippen LogP contribution in [0.3, 0.4) is 0 Å². The molecule has 0 fully saturated rings. The number of ether oxygens (including phenoxy) is 2. The van der Waals surface area contributed by atoms with Gasteiger partial charge in [-0.25, -0.2) is 4.57 Å². The summed E-state index contributed by atoms with van der Waals surface area (Å²) in [6.45, 7) is 4.50. The van der Waals surface area contributed by atoms with Gasteiger partial charge in [0.05, 0.1) is 27.7 Å². The van der Waals surface area contributed by atoms with Crippen LogP contribution < -0.4 is 0 Å². The molecule has 382 valence electrons. The van der Waals surface area contributed by atoms with Gasteiger partial charge in [-0.2, -0.15) is 0 Å². The Morgan fingerprint density at radius 1 is 0.422 bits per heavy atom. The number of esters is 2. The van der Waals surface area contributed by atoms with Crippen molar-refractivity contribution in [3.63, 3.8) is 0 Å². The van der Waals surface area contributed by atoms with Crippen molar-refractivity contribution in [2.45, 2.75) is 290 Å². The van der Waals surface area contributed by atoms with Crippen LogP contribution in [0.25, 0.3) is 0 Å². The van der Waals surface area contributed by atoms with Crippen LogP contribution in [0.5, 0.6) is 0 Å². The summed E-state index contributed by atoms with van der Waals surface area (Å²) in [7, 11) is 1.50. The molecule has 0 rings (SSSR count). The lowest BCUT2D eigenvalue weighted by atomic mass is 10.0. The van der Waals surface area contributed by atoms with Crippen molar-refractivity contribution in [2.24, 2.45) is 0 Å². The smallest absolute Gasteiger partial charge is 0.462 e. The SMILES string of the molecule is CCCCCCCCCCCCCCCCCCCCCCCCCC(=O)OC(COC(=O)CCCCCCCCCCCCCCCCCCC)COP(=O)(O)OCC[N+](C)(C)C. The molecule has 9 nitrogen and oxygen atoms in total. The molecule has 0 amide bonds. The van der Waals surface area contributed by atoms with Gasteiger partial charge in [-0.3, -0.25) is 18.6 Å². The molecule has 0 aliphatic carbocycles. The lowest BCUT2D eigenvalue weighted by molar-refractivity contribution is -0.870. The van der Waals surface area contributed by atoms with Crippen molar-refractivity contribution in [1.82, 2.24) is 0 Å². The number of phosphoric acid groups is 1.